The van der Waals surface area contributed by atoms with Crippen molar-refractivity contribution < 1.29 is 9.47 Å². The van der Waals surface area contributed by atoms with Gasteiger partial charge < -0.3 is 9.47 Å². The lowest BCUT2D eigenvalue weighted by molar-refractivity contribution is 0.378. The first kappa shape index (κ1) is 15.4. The Kier molecular flexibility index (Phi) is 5.49. The number of ether oxygens (including phenoxy) is 2. The first-order chi connectivity index (χ1) is 9.67. The topological polar surface area (TPSA) is 18.5 Å². The molecule has 0 spiro atoms. The highest BCUT2D eigenvalue weighted by atomic mass is 79.9. The quantitative estimate of drug-likeness (QED) is 0.599. The van der Waals surface area contributed by atoms with Gasteiger partial charge in [0.15, 0.2) is 11.5 Å². The Hall–Kier alpha value is -1.000. The summed E-state index contributed by atoms with van der Waals surface area (Å²) in [4.78, 5) is 0. The molecule has 0 fully saturated rings. The molecule has 0 bridgehead atoms. The van der Waals surface area contributed by atoms with E-state index in [1.807, 2.05) is 30.3 Å². The van der Waals surface area contributed by atoms with Crippen LogP contribution in [0.3, 0.4) is 0 Å². The summed E-state index contributed by atoms with van der Waals surface area (Å²) in [5.41, 5.74) is 2.41. The van der Waals surface area contributed by atoms with Crippen LogP contribution in [-0.2, 0) is 11.8 Å². The molecule has 0 aliphatic rings. The minimum Gasteiger partial charge on any atom is -0.493 e. The molecule has 0 aliphatic carbocycles. The van der Waals surface area contributed by atoms with Crippen LogP contribution in [0.5, 0.6) is 17.2 Å². The highest BCUT2D eigenvalue weighted by Gasteiger charge is 2.08. The third-order valence-corrected chi connectivity index (χ3v) is 4.37. The van der Waals surface area contributed by atoms with E-state index in [2.05, 4.69) is 44.8 Å². The Bertz CT molecular complexity index is 597. The number of hydrogen-bond acceptors (Lipinski definition) is 2. The molecule has 2 aromatic rings. The average Bonchev–Trinajstić information content (AvgIpc) is 2.48. The fourth-order valence-electron chi connectivity index (χ4n) is 1.84. The molecule has 0 unspecified atom stereocenters. The van der Waals surface area contributed by atoms with Gasteiger partial charge in [0, 0.05) is 9.80 Å². The largest absolute Gasteiger partial charge is 0.493 e. The van der Waals surface area contributed by atoms with Gasteiger partial charge in [0.2, 0.25) is 0 Å². The Morgan fingerprint density at radius 1 is 1.05 bits per heavy atom. The average molecular weight is 400 g/mol. The lowest BCUT2D eigenvalue weighted by atomic mass is 10.1. The number of hydrogen-bond donors (Lipinski definition) is 0. The van der Waals surface area contributed by atoms with Gasteiger partial charge in [0.25, 0.3) is 0 Å². The van der Waals surface area contributed by atoms with Gasteiger partial charge in [-0.15, -0.1) is 0 Å². The maximum atomic E-state index is 5.91. The van der Waals surface area contributed by atoms with E-state index in [9.17, 15) is 0 Å². The maximum Gasteiger partial charge on any atom is 0.169 e. The Labute approximate surface area is 136 Å². The fraction of sp³-hybridized carbons (Fsp3) is 0.250. The summed E-state index contributed by atoms with van der Waals surface area (Å²) in [5.74, 6) is 2.26. The van der Waals surface area contributed by atoms with Gasteiger partial charge in [-0.1, -0.05) is 50.9 Å². The molecule has 0 aliphatic heterocycles. The predicted molar refractivity (Wildman–Crippen MR) is 89.2 cm³/mol. The van der Waals surface area contributed by atoms with Gasteiger partial charge in [0.1, 0.15) is 5.75 Å². The van der Waals surface area contributed by atoms with Gasteiger partial charge in [-0.2, -0.15) is 0 Å². The zero-order chi connectivity index (χ0) is 14.5. The Morgan fingerprint density at radius 2 is 1.85 bits per heavy atom. The van der Waals surface area contributed by atoms with E-state index < -0.39 is 0 Å². The van der Waals surface area contributed by atoms with Crippen molar-refractivity contribution in [1.82, 2.24) is 0 Å². The van der Waals surface area contributed by atoms with Gasteiger partial charge in [-0.25, -0.2) is 0 Å². The van der Waals surface area contributed by atoms with Crippen molar-refractivity contribution >= 4 is 31.9 Å². The third kappa shape index (κ3) is 3.55. The van der Waals surface area contributed by atoms with Crippen molar-refractivity contribution in [3.63, 3.8) is 0 Å². The molecule has 0 aromatic heterocycles. The molecule has 2 nitrogen and oxygen atoms in total. The van der Waals surface area contributed by atoms with Gasteiger partial charge >= 0.3 is 0 Å². The van der Waals surface area contributed by atoms with Crippen LogP contribution in [0.15, 0.2) is 40.9 Å². The first-order valence-corrected chi connectivity index (χ1v) is 8.28. The Morgan fingerprint density at radius 3 is 2.45 bits per heavy atom. The van der Waals surface area contributed by atoms with E-state index in [0.717, 1.165) is 33.5 Å². The molecular weight excluding hydrogens is 384 g/mol. The lowest BCUT2D eigenvalue weighted by Crippen LogP contribution is -1.92. The van der Waals surface area contributed by atoms with Crippen molar-refractivity contribution in [2.24, 2.45) is 0 Å². The molecule has 0 saturated heterocycles. The molecule has 0 amide bonds. The van der Waals surface area contributed by atoms with E-state index in [1.54, 1.807) is 7.11 Å². The second kappa shape index (κ2) is 7.14. The molecule has 0 radical (unpaired) electrons. The molecule has 2 aromatic carbocycles. The molecule has 20 heavy (non-hydrogen) atoms. The molecular formula is C16H16Br2O2. The summed E-state index contributed by atoms with van der Waals surface area (Å²) in [6.07, 6.45) is 0.974. The van der Waals surface area contributed by atoms with E-state index in [-0.39, 0.29) is 0 Å². The molecule has 106 valence electrons. The normalized spacial score (nSPS) is 10.4. The van der Waals surface area contributed by atoms with Gasteiger partial charge in [-0.3, -0.25) is 0 Å². The van der Waals surface area contributed by atoms with Gasteiger partial charge in [-0.05, 0) is 41.8 Å². The minimum atomic E-state index is 0.725. The number of aryl methyl sites for hydroxylation is 1. The van der Waals surface area contributed by atoms with Crippen molar-refractivity contribution in [3.05, 3.63) is 52.0 Å². The van der Waals surface area contributed by atoms with Crippen molar-refractivity contribution in [1.29, 1.82) is 0 Å². The maximum absolute atomic E-state index is 5.91. The van der Waals surface area contributed by atoms with Crippen molar-refractivity contribution in [2.75, 3.05) is 7.11 Å². The van der Waals surface area contributed by atoms with Crippen molar-refractivity contribution in [2.45, 2.75) is 18.7 Å². The van der Waals surface area contributed by atoms with Crippen LogP contribution in [-0.4, -0.2) is 7.11 Å². The smallest absolute Gasteiger partial charge is 0.169 e. The van der Waals surface area contributed by atoms with E-state index >= 15 is 0 Å². The number of benzene rings is 2. The second-order valence-electron chi connectivity index (χ2n) is 4.33. The zero-order valence-corrected chi connectivity index (χ0v) is 14.6. The van der Waals surface area contributed by atoms with Crippen LogP contribution in [0.1, 0.15) is 18.1 Å². The summed E-state index contributed by atoms with van der Waals surface area (Å²) >= 11 is 6.99. The molecule has 0 N–H and O–H groups in total. The minimum absolute atomic E-state index is 0.725. The number of halogens is 2. The van der Waals surface area contributed by atoms with Crippen LogP contribution in [0.2, 0.25) is 0 Å². The fourth-order valence-corrected chi connectivity index (χ4v) is 3.21. The van der Waals surface area contributed by atoms with Crippen LogP contribution in [0.4, 0.5) is 0 Å². The third-order valence-electron chi connectivity index (χ3n) is 3.03. The SMILES string of the molecule is CCc1ccc(Oc2ccc(CBr)c(Br)c2)c(OC)c1. The molecule has 4 heteroatoms. The van der Waals surface area contributed by atoms with Crippen molar-refractivity contribution in [3.8, 4) is 17.2 Å². The molecule has 0 saturated carbocycles. The van der Waals surface area contributed by atoms with Gasteiger partial charge in [0.05, 0.1) is 7.11 Å². The highest BCUT2D eigenvalue weighted by molar-refractivity contribution is 9.10. The summed E-state index contributed by atoms with van der Waals surface area (Å²) < 4.78 is 12.3. The van der Waals surface area contributed by atoms with E-state index in [4.69, 9.17) is 9.47 Å². The molecule has 0 heterocycles. The second-order valence-corrected chi connectivity index (χ2v) is 5.74. The summed E-state index contributed by atoms with van der Waals surface area (Å²) in [6, 6.07) is 12.0. The van der Waals surface area contributed by atoms with Crippen LogP contribution < -0.4 is 9.47 Å². The standard InChI is InChI=1S/C16H16Br2O2/c1-3-11-4-7-15(16(8-11)19-2)20-13-6-5-12(10-17)14(18)9-13/h4-9H,3,10H2,1-2H3. The molecule has 0 atom stereocenters. The molecule has 2 rings (SSSR count). The van der Waals surface area contributed by atoms with E-state index in [1.165, 1.54) is 11.1 Å². The zero-order valence-electron chi connectivity index (χ0n) is 11.5. The van der Waals surface area contributed by atoms with E-state index in [0.29, 0.717) is 0 Å². The first-order valence-electron chi connectivity index (χ1n) is 6.37. The Balaban J connectivity index is 2.27. The monoisotopic (exact) mass is 398 g/mol. The summed E-state index contributed by atoms with van der Waals surface area (Å²) in [7, 11) is 1.66. The number of rotatable bonds is 5. The summed E-state index contributed by atoms with van der Waals surface area (Å²) in [6.45, 7) is 2.12. The van der Waals surface area contributed by atoms with Crippen LogP contribution in [0, 0.1) is 0 Å². The van der Waals surface area contributed by atoms with Crippen LogP contribution >= 0.6 is 31.9 Å². The number of alkyl halides is 1. The predicted octanol–water partition coefficient (Wildman–Crippen LogP) is 5.71. The highest BCUT2D eigenvalue weighted by Crippen LogP contribution is 2.34. The summed E-state index contributed by atoms with van der Waals surface area (Å²) in [5, 5.41) is 0.808. The van der Waals surface area contributed by atoms with Crippen LogP contribution in [0.25, 0.3) is 0 Å². The number of methoxy groups -OCH3 is 1. The lowest BCUT2D eigenvalue weighted by Gasteiger charge is -2.12.